The first kappa shape index (κ1) is 19.5. The molecule has 148 valence electrons. The molecule has 7 heteroatoms. The molecule has 7 nitrogen and oxygen atoms in total. The van der Waals surface area contributed by atoms with Gasteiger partial charge in [-0.1, -0.05) is 37.3 Å². The summed E-state index contributed by atoms with van der Waals surface area (Å²) in [5.41, 5.74) is -2.65. The van der Waals surface area contributed by atoms with E-state index in [1.165, 1.54) is 0 Å². The Hall–Kier alpha value is -3.86. The molecule has 2 aliphatic heterocycles. The Kier molecular flexibility index (Phi) is 4.28. The highest BCUT2D eigenvalue weighted by Gasteiger charge is 2.79. The molecule has 0 aromatic heterocycles. The summed E-state index contributed by atoms with van der Waals surface area (Å²) in [7, 11) is 1.55. The molecule has 1 N–H and O–H groups in total. The first-order valence-corrected chi connectivity index (χ1v) is 9.35. The van der Waals surface area contributed by atoms with Gasteiger partial charge in [-0.25, -0.2) is 0 Å². The van der Waals surface area contributed by atoms with E-state index >= 15 is 0 Å². The van der Waals surface area contributed by atoms with E-state index in [0.29, 0.717) is 16.9 Å². The highest BCUT2D eigenvalue weighted by Crippen LogP contribution is 2.68. The van der Waals surface area contributed by atoms with Crippen LogP contribution in [0.3, 0.4) is 0 Å². The lowest BCUT2D eigenvalue weighted by molar-refractivity contribution is -0.288. The lowest BCUT2D eigenvalue weighted by atomic mass is 9.53. The average Bonchev–Trinajstić information content (AvgIpc) is 2.96. The van der Waals surface area contributed by atoms with Crippen LogP contribution in [-0.2, 0) is 15.3 Å². The number of nitrogens with one attached hydrogen (secondary N) is 1. The molecule has 4 atom stereocenters. The van der Waals surface area contributed by atoms with Crippen LogP contribution in [-0.4, -0.2) is 13.0 Å². The Morgan fingerprint density at radius 3 is 2.13 bits per heavy atom. The average molecular weight is 398 g/mol. The fourth-order valence-electron chi connectivity index (χ4n) is 4.62. The number of ether oxygens (including phenoxy) is 3. The summed E-state index contributed by atoms with van der Waals surface area (Å²) < 4.78 is 17.6. The number of rotatable bonds is 3. The number of methoxy groups -OCH3 is 1. The van der Waals surface area contributed by atoms with Crippen LogP contribution >= 0.6 is 0 Å². The smallest absolute Gasteiger partial charge is 0.244 e. The van der Waals surface area contributed by atoms with Crippen LogP contribution in [0.25, 0.3) is 0 Å². The van der Waals surface area contributed by atoms with Crippen molar-refractivity contribution >= 4 is 5.90 Å². The van der Waals surface area contributed by atoms with Crippen molar-refractivity contribution in [1.29, 1.82) is 21.2 Å². The number of nitrogens with zero attached hydrogens (tertiary/aromatic N) is 3. The molecular formula is C23H18N4O3. The summed E-state index contributed by atoms with van der Waals surface area (Å²) in [4.78, 5) is 0. The molecule has 2 aromatic carbocycles. The van der Waals surface area contributed by atoms with Crippen molar-refractivity contribution in [3.8, 4) is 24.0 Å². The highest BCUT2D eigenvalue weighted by atomic mass is 16.7. The van der Waals surface area contributed by atoms with Gasteiger partial charge in [0.15, 0.2) is 5.41 Å². The van der Waals surface area contributed by atoms with Gasteiger partial charge in [0.05, 0.1) is 31.2 Å². The Labute approximate surface area is 174 Å². The van der Waals surface area contributed by atoms with E-state index in [0.717, 1.165) is 0 Å². The lowest BCUT2D eigenvalue weighted by Crippen LogP contribution is -2.57. The largest absolute Gasteiger partial charge is 0.497 e. The molecule has 30 heavy (non-hydrogen) atoms. The zero-order chi connectivity index (χ0) is 21.6. The quantitative estimate of drug-likeness (QED) is 0.839. The van der Waals surface area contributed by atoms with Gasteiger partial charge >= 0.3 is 0 Å². The van der Waals surface area contributed by atoms with Crippen LogP contribution in [0.1, 0.15) is 24.2 Å². The molecule has 0 saturated carbocycles. The summed E-state index contributed by atoms with van der Waals surface area (Å²) in [5.74, 6) is -2.11. The van der Waals surface area contributed by atoms with Gasteiger partial charge in [0.1, 0.15) is 11.9 Å². The number of benzene rings is 2. The van der Waals surface area contributed by atoms with Gasteiger partial charge in [0.2, 0.25) is 17.1 Å². The van der Waals surface area contributed by atoms with Gasteiger partial charge in [0.25, 0.3) is 0 Å². The fourth-order valence-corrected chi connectivity index (χ4v) is 4.62. The van der Waals surface area contributed by atoms with Crippen molar-refractivity contribution in [2.24, 2.45) is 16.7 Å². The first-order valence-electron chi connectivity index (χ1n) is 9.35. The summed E-state index contributed by atoms with van der Waals surface area (Å²) >= 11 is 0. The van der Waals surface area contributed by atoms with Crippen LogP contribution < -0.4 is 4.74 Å². The lowest BCUT2D eigenvalue weighted by Gasteiger charge is -2.48. The fraction of sp³-hybridized carbons (Fsp3) is 0.304. The molecule has 2 bridgehead atoms. The predicted molar refractivity (Wildman–Crippen MR) is 105 cm³/mol. The normalized spacial score (nSPS) is 31.0. The predicted octanol–water partition coefficient (Wildman–Crippen LogP) is 3.81. The molecule has 0 radical (unpaired) electrons. The van der Waals surface area contributed by atoms with Gasteiger partial charge in [-0.3, -0.25) is 5.41 Å². The van der Waals surface area contributed by atoms with E-state index < -0.39 is 34.5 Å². The first-order chi connectivity index (χ1) is 14.5. The highest BCUT2D eigenvalue weighted by molar-refractivity contribution is 5.89. The van der Waals surface area contributed by atoms with Crippen LogP contribution in [0.5, 0.6) is 5.75 Å². The second kappa shape index (κ2) is 6.59. The van der Waals surface area contributed by atoms with Gasteiger partial charge in [-0.2, -0.15) is 15.8 Å². The van der Waals surface area contributed by atoms with E-state index in [9.17, 15) is 15.8 Å². The zero-order valence-corrected chi connectivity index (χ0v) is 16.4. The Morgan fingerprint density at radius 2 is 1.60 bits per heavy atom. The third-order valence-electron chi connectivity index (χ3n) is 6.26. The molecule has 2 aliphatic rings. The van der Waals surface area contributed by atoms with Crippen LogP contribution in [0.2, 0.25) is 0 Å². The maximum absolute atomic E-state index is 10.3. The van der Waals surface area contributed by atoms with Gasteiger partial charge in [-0.05, 0) is 29.8 Å². The van der Waals surface area contributed by atoms with Gasteiger partial charge in [0, 0.05) is 5.56 Å². The minimum Gasteiger partial charge on any atom is -0.497 e. The molecule has 0 aliphatic carbocycles. The zero-order valence-electron chi connectivity index (χ0n) is 16.4. The van der Waals surface area contributed by atoms with Crippen LogP contribution in [0, 0.1) is 56.2 Å². The van der Waals surface area contributed by atoms with Gasteiger partial charge in [-0.15, -0.1) is 0 Å². The summed E-state index contributed by atoms with van der Waals surface area (Å²) in [6.45, 7) is 1.68. The van der Waals surface area contributed by atoms with Crippen molar-refractivity contribution in [1.82, 2.24) is 0 Å². The molecule has 2 aromatic rings. The van der Waals surface area contributed by atoms with Crippen molar-refractivity contribution < 1.29 is 14.2 Å². The van der Waals surface area contributed by atoms with E-state index in [1.807, 2.05) is 18.2 Å². The van der Waals surface area contributed by atoms with Crippen molar-refractivity contribution in [3.05, 3.63) is 65.7 Å². The summed E-state index contributed by atoms with van der Waals surface area (Å²) in [6.07, 6.45) is -1.10. The Bertz CT molecular complexity index is 1110. The SMILES string of the molecule is COc1ccc(C23OC(=N)C(C#N)(C2C)C(C#N)(C#N)C(c2ccccc2)O3)cc1. The number of nitriles is 3. The van der Waals surface area contributed by atoms with E-state index in [-0.39, 0.29) is 0 Å². The Morgan fingerprint density at radius 1 is 0.967 bits per heavy atom. The van der Waals surface area contributed by atoms with Crippen molar-refractivity contribution in [3.63, 3.8) is 0 Å². The maximum atomic E-state index is 10.3. The monoisotopic (exact) mass is 398 g/mol. The molecule has 0 amide bonds. The Balaban J connectivity index is 2.01. The van der Waals surface area contributed by atoms with E-state index in [2.05, 4.69) is 6.07 Å². The third-order valence-corrected chi connectivity index (χ3v) is 6.26. The molecule has 2 heterocycles. The summed E-state index contributed by atoms with van der Waals surface area (Å²) in [6, 6.07) is 21.9. The number of fused-ring (bicyclic) bond motifs is 2. The topological polar surface area (TPSA) is 123 Å². The standard InChI is InChI=1S/C23H18N4O3/c1-15-22(14-26)20(27)30-23(15,17-8-10-18(28-2)11-9-17)29-19(21(22,12-24)13-25)16-6-4-3-5-7-16/h3-11,15,19,27H,1-2H3. The van der Waals surface area contributed by atoms with Crippen molar-refractivity contribution in [2.45, 2.75) is 18.8 Å². The molecular weight excluding hydrogens is 380 g/mol. The van der Waals surface area contributed by atoms with Gasteiger partial charge < -0.3 is 14.2 Å². The molecule has 2 fully saturated rings. The minimum absolute atomic E-state index is 0.435. The van der Waals surface area contributed by atoms with E-state index in [1.54, 1.807) is 62.6 Å². The maximum Gasteiger partial charge on any atom is 0.244 e. The third kappa shape index (κ3) is 2.12. The van der Waals surface area contributed by atoms with Crippen LogP contribution in [0.15, 0.2) is 54.6 Å². The molecule has 2 saturated heterocycles. The number of hydrogen-bond donors (Lipinski definition) is 1. The van der Waals surface area contributed by atoms with Crippen molar-refractivity contribution in [2.75, 3.05) is 7.11 Å². The second-order valence-corrected chi connectivity index (χ2v) is 7.41. The summed E-state index contributed by atoms with van der Waals surface area (Å²) in [5, 5.41) is 39.2. The van der Waals surface area contributed by atoms with E-state index in [4.69, 9.17) is 19.6 Å². The molecule has 4 unspecified atom stereocenters. The van der Waals surface area contributed by atoms with Crippen LogP contribution in [0.4, 0.5) is 0 Å². The molecule has 0 spiro atoms. The second-order valence-electron chi connectivity index (χ2n) is 7.41. The minimum atomic E-state index is -1.97. The molecule has 4 rings (SSSR count). The number of hydrogen-bond acceptors (Lipinski definition) is 7.